The molecule has 0 aliphatic heterocycles. The largest absolute Gasteiger partial charge is 0.368 e. The zero-order chi connectivity index (χ0) is 14.5. The third kappa shape index (κ3) is 3.44. The van der Waals surface area contributed by atoms with Crippen LogP contribution in [-0.4, -0.2) is 15.0 Å². The summed E-state index contributed by atoms with van der Waals surface area (Å²) in [5.41, 5.74) is 7.49. The number of nitrogens with two attached hydrogens (primary N) is 1. The van der Waals surface area contributed by atoms with Gasteiger partial charge in [-0.1, -0.05) is 36.4 Å². The maximum Gasteiger partial charge on any atom is 0.233 e. The Labute approximate surface area is 122 Å². The van der Waals surface area contributed by atoms with E-state index >= 15 is 0 Å². The highest BCUT2D eigenvalue weighted by Crippen LogP contribution is 2.17. The molecule has 21 heavy (non-hydrogen) atoms. The lowest BCUT2D eigenvalue weighted by molar-refractivity contribution is 1.07. The van der Waals surface area contributed by atoms with Gasteiger partial charge in [0.1, 0.15) is 0 Å². The number of benzene rings is 2. The van der Waals surface area contributed by atoms with Crippen molar-refractivity contribution in [2.75, 3.05) is 16.4 Å². The summed E-state index contributed by atoms with van der Waals surface area (Å²) < 4.78 is 0. The maximum absolute atomic E-state index is 5.72. The van der Waals surface area contributed by atoms with Crippen molar-refractivity contribution >= 4 is 29.2 Å². The molecular weight excluding hydrogens is 264 g/mol. The van der Waals surface area contributed by atoms with E-state index in [4.69, 9.17) is 5.73 Å². The van der Waals surface area contributed by atoms with Crippen LogP contribution in [0.2, 0.25) is 0 Å². The number of hydrogen-bond acceptors (Lipinski definition) is 6. The Kier molecular flexibility index (Phi) is 3.60. The first kappa shape index (κ1) is 12.9. The van der Waals surface area contributed by atoms with E-state index < -0.39 is 0 Å². The molecule has 0 aliphatic rings. The predicted octanol–water partition coefficient (Wildman–Crippen LogP) is 2.94. The van der Waals surface area contributed by atoms with Crippen molar-refractivity contribution < 1.29 is 0 Å². The molecule has 0 saturated carbocycles. The van der Waals surface area contributed by atoms with Gasteiger partial charge in [0.25, 0.3) is 0 Å². The number of para-hydroxylation sites is 2. The van der Waals surface area contributed by atoms with Crippen LogP contribution < -0.4 is 16.4 Å². The molecular formula is C15H14N6. The zero-order valence-corrected chi connectivity index (χ0v) is 11.2. The average Bonchev–Trinajstić information content (AvgIpc) is 2.48. The number of nitrogens with one attached hydrogen (secondary N) is 2. The molecule has 0 fully saturated rings. The number of hydrogen-bond donors (Lipinski definition) is 3. The van der Waals surface area contributed by atoms with Crippen molar-refractivity contribution in [1.29, 1.82) is 0 Å². The summed E-state index contributed by atoms with van der Waals surface area (Å²) in [5, 5.41) is 6.18. The first-order valence-corrected chi connectivity index (χ1v) is 6.45. The predicted molar refractivity (Wildman–Crippen MR) is 83.7 cm³/mol. The molecule has 0 amide bonds. The van der Waals surface area contributed by atoms with Gasteiger partial charge in [-0.2, -0.15) is 15.0 Å². The van der Waals surface area contributed by atoms with E-state index in [1.807, 2.05) is 60.7 Å². The lowest BCUT2D eigenvalue weighted by atomic mass is 10.3. The van der Waals surface area contributed by atoms with Gasteiger partial charge in [0.05, 0.1) is 0 Å². The minimum atomic E-state index is 0.155. The van der Waals surface area contributed by atoms with Crippen molar-refractivity contribution in [2.24, 2.45) is 0 Å². The Balaban J connectivity index is 1.83. The number of rotatable bonds is 4. The zero-order valence-electron chi connectivity index (χ0n) is 11.2. The highest BCUT2D eigenvalue weighted by atomic mass is 15.2. The molecule has 6 nitrogen and oxygen atoms in total. The van der Waals surface area contributed by atoms with Crippen molar-refractivity contribution in [3.05, 3.63) is 60.7 Å². The Bertz CT molecular complexity index is 655. The van der Waals surface area contributed by atoms with Gasteiger partial charge in [-0.15, -0.1) is 0 Å². The first-order valence-electron chi connectivity index (χ1n) is 6.45. The van der Waals surface area contributed by atoms with Gasteiger partial charge < -0.3 is 16.4 Å². The van der Waals surface area contributed by atoms with E-state index in [2.05, 4.69) is 25.6 Å². The minimum Gasteiger partial charge on any atom is -0.368 e. The third-order valence-corrected chi connectivity index (χ3v) is 2.71. The fourth-order valence-corrected chi connectivity index (χ4v) is 1.81. The van der Waals surface area contributed by atoms with E-state index in [9.17, 15) is 0 Å². The molecule has 1 aromatic heterocycles. The van der Waals surface area contributed by atoms with Gasteiger partial charge in [0.15, 0.2) is 0 Å². The Morgan fingerprint density at radius 1 is 0.619 bits per heavy atom. The molecule has 4 N–H and O–H groups in total. The van der Waals surface area contributed by atoms with Gasteiger partial charge in [0, 0.05) is 11.4 Å². The molecule has 0 bridgehead atoms. The number of anilines is 5. The van der Waals surface area contributed by atoms with E-state index in [1.165, 1.54) is 0 Å². The topological polar surface area (TPSA) is 88.8 Å². The van der Waals surface area contributed by atoms with Crippen molar-refractivity contribution in [3.8, 4) is 0 Å². The molecule has 0 radical (unpaired) electrons. The smallest absolute Gasteiger partial charge is 0.233 e. The van der Waals surface area contributed by atoms with Gasteiger partial charge >= 0.3 is 0 Å². The summed E-state index contributed by atoms with van der Waals surface area (Å²) in [6, 6.07) is 19.3. The van der Waals surface area contributed by atoms with Gasteiger partial charge in [-0.25, -0.2) is 0 Å². The molecule has 104 valence electrons. The van der Waals surface area contributed by atoms with Crippen LogP contribution in [0.4, 0.5) is 29.2 Å². The SMILES string of the molecule is Nc1nc(Nc2ccccc2)nc(Nc2ccccc2)n1. The van der Waals surface area contributed by atoms with Crippen LogP contribution >= 0.6 is 0 Å². The van der Waals surface area contributed by atoms with Gasteiger partial charge in [-0.3, -0.25) is 0 Å². The Hall–Kier alpha value is -3.15. The minimum absolute atomic E-state index is 0.155. The van der Waals surface area contributed by atoms with Crippen LogP contribution in [0.5, 0.6) is 0 Å². The second-order valence-corrected chi connectivity index (χ2v) is 4.32. The summed E-state index contributed by atoms with van der Waals surface area (Å²) >= 11 is 0. The summed E-state index contributed by atoms with van der Waals surface area (Å²) in [6.45, 7) is 0. The second kappa shape index (κ2) is 5.87. The van der Waals surface area contributed by atoms with Crippen LogP contribution in [0.1, 0.15) is 0 Å². The maximum atomic E-state index is 5.72. The summed E-state index contributed by atoms with van der Waals surface area (Å²) in [5.74, 6) is 0.945. The fourth-order valence-electron chi connectivity index (χ4n) is 1.81. The summed E-state index contributed by atoms with van der Waals surface area (Å²) in [6.07, 6.45) is 0. The monoisotopic (exact) mass is 278 g/mol. The molecule has 3 aromatic rings. The molecule has 0 unspecified atom stereocenters. The van der Waals surface area contributed by atoms with Crippen molar-refractivity contribution in [1.82, 2.24) is 15.0 Å². The summed E-state index contributed by atoms with van der Waals surface area (Å²) in [4.78, 5) is 12.5. The molecule has 3 rings (SSSR count). The Morgan fingerprint density at radius 2 is 1.05 bits per heavy atom. The van der Waals surface area contributed by atoms with Crippen LogP contribution in [0.3, 0.4) is 0 Å². The lowest BCUT2D eigenvalue weighted by Gasteiger charge is -2.08. The number of aromatic nitrogens is 3. The van der Waals surface area contributed by atoms with Crippen LogP contribution in [0.15, 0.2) is 60.7 Å². The fraction of sp³-hybridized carbons (Fsp3) is 0. The lowest BCUT2D eigenvalue weighted by Crippen LogP contribution is -2.06. The molecule has 0 spiro atoms. The molecule has 1 heterocycles. The number of nitrogens with zero attached hydrogens (tertiary/aromatic N) is 3. The first-order chi connectivity index (χ1) is 10.3. The molecule has 2 aromatic carbocycles. The normalized spacial score (nSPS) is 10.1. The van der Waals surface area contributed by atoms with Gasteiger partial charge in [-0.05, 0) is 24.3 Å². The second-order valence-electron chi connectivity index (χ2n) is 4.32. The highest BCUT2D eigenvalue weighted by Gasteiger charge is 2.05. The molecule has 0 saturated heterocycles. The molecule has 0 aliphatic carbocycles. The third-order valence-electron chi connectivity index (χ3n) is 2.71. The van der Waals surface area contributed by atoms with E-state index in [1.54, 1.807) is 0 Å². The standard InChI is InChI=1S/C15H14N6/c16-13-19-14(17-11-7-3-1-4-8-11)21-15(20-13)18-12-9-5-2-6-10-12/h1-10H,(H4,16,17,18,19,20,21). The van der Waals surface area contributed by atoms with Crippen molar-refractivity contribution in [2.45, 2.75) is 0 Å². The molecule has 0 atom stereocenters. The van der Waals surface area contributed by atoms with E-state index in [0.717, 1.165) is 11.4 Å². The van der Waals surface area contributed by atoms with Gasteiger partial charge in [0.2, 0.25) is 17.8 Å². The Morgan fingerprint density at radius 3 is 1.48 bits per heavy atom. The average molecular weight is 278 g/mol. The molecule has 6 heteroatoms. The van der Waals surface area contributed by atoms with Crippen LogP contribution in [-0.2, 0) is 0 Å². The number of nitrogen functional groups attached to an aromatic ring is 1. The highest BCUT2D eigenvalue weighted by molar-refractivity contribution is 5.58. The quantitative estimate of drug-likeness (QED) is 0.680. The van der Waals surface area contributed by atoms with E-state index in [0.29, 0.717) is 11.9 Å². The van der Waals surface area contributed by atoms with Crippen LogP contribution in [0.25, 0.3) is 0 Å². The summed E-state index contributed by atoms with van der Waals surface area (Å²) in [7, 11) is 0. The van der Waals surface area contributed by atoms with Crippen LogP contribution in [0, 0.1) is 0 Å². The van der Waals surface area contributed by atoms with Crippen molar-refractivity contribution in [3.63, 3.8) is 0 Å². The van der Waals surface area contributed by atoms with E-state index in [-0.39, 0.29) is 5.95 Å².